The van der Waals surface area contributed by atoms with Gasteiger partial charge in [-0.2, -0.15) is 0 Å². The normalized spacial score (nSPS) is 11.5. The molecule has 19 aromatic carbocycles. The van der Waals surface area contributed by atoms with Crippen LogP contribution < -0.4 is 0 Å². The Kier molecular flexibility index (Phi) is 16.9. The molecular weight excluding hydrogens is 1380 g/mol. The van der Waals surface area contributed by atoms with Crippen LogP contribution in [-0.4, -0.2) is 24.9 Å². The third-order valence-corrected chi connectivity index (χ3v) is 22.6. The van der Waals surface area contributed by atoms with Gasteiger partial charge in [0.1, 0.15) is 0 Å². The largest absolute Gasteiger partial charge is 0.228 e. The fraction of sp³-hybridized carbons (Fsp3) is 0. The number of aromatic nitrogens is 5. The second-order valence-corrected chi connectivity index (χ2v) is 29.3. The second-order valence-electron chi connectivity index (χ2n) is 29.3. The smallest absolute Gasteiger partial charge is 0.164 e. The Hall–Kier alpha value is -15.2. The molecule has 0 N–H and O–H groups in total. The maximum absolute atomic E-state index is 5.54. The first kappa shape index (κ1) is 67.0. The standard InChI is InChI=1S/C109H69N5/c1-4-27-70(28-5-1)76-34-25-37-82(64-76)107-110-104(69-105(111-107)99-51-22-20-46-91(99)86-41-12-10-39-84(86)79-58-61-96-90-45-15-14-43-88(90)89-44-16-17-48-93(89)102(96)67-79)81-36-24-33-75(63-81)72-53-55-73(56-54-72)78-57-60-97-98-62-59-80(68-103(98)95-50-19-18-49-94(95)101(97)66-78)85-40-11-13-42-87(85)92-47-21-23-52-100(92)109-113-106(74-31-8-3-9-32-74)112-108(114-109)83-38-26-35-77(65-83)71-29-6-2-7-30-71/h1-69H. The molecule has 0 saturated carbocycles. The fourth-order valence-corrected chi connectivity index (χ4v) is 17.0. The highest BCUT2D eigenvalue weighted by atomic mass is 15.0. The van der Waals surface area contributed by atoms with Crippen molar-refractivity contribution < 1.29 is 0 Å². The van der Waals surface area contributed by atoms with E-state index in [1.54, 1.807) is 0 Å². The lowest BCUT2D eigenvalue weighted by atomic mass is 9.88. The Labute approximate surface area is 660 Å². The van der Waals surface area contributed by atoms with Gasteiger partial charge in [-0.15, -0.1) is 0 Å². The molecule has 2 heterocycles. The van der Waals surface area contributed by atoms with Crippen LogP contribution in [-0.2, 0) is 0 Å². The minimum atomic E-state index is 0.606. The zero-order chi connectivity index (χ0) is 75.4. The predicted octanol–water partition coefficient (Wildman–Crippen LogP) is 28.9. The summed E-state index contributed by atoms with van der Waals surface area (Å²) < 4.78 is 0. The Bertz CT molecular complexity index is 7280. The molecule has 0 bridgehead atoms. The van der Waals surface area contributed by atoms with Crippen molar-refractivity contribution in [3.05, 3.63) is 419 Å². The van der Waals surface area contributed by atoms with Gasteiger partial charge in [0, 0.05) is 33.4 Å². The fourth-order valence-electron chi connectivity index (χ4n) is 17.0. The molecule has 0 unspecified atom stereocenters. The molecule has 21 aromatic rings. The molecule has 0 aliphatic rings. The second kappa shape index (κ2) is 28.7. The van der Waals surface area contributed by atoms with Gasteiger partial charge in [-0.3, -0.25) is 0 Å². The first-order valence-electron chi connectivity index (χ1n) is 38.8. The van der Waals surface area contributed by atoms with Crippen molar-refractivity contribution in [1.82, 2.24) is 24.9 Å². The first-order valence-corrected chi connectivity index (χ1v) is 38.8. The van der Waals surface area contributed by atoms with Gasteiger partial charge in [0.2, 0.25) is 0 Å². The van der Waals surface area contributed by atoms with E-state index < -0.39 is 0 Å². The predicted molar refractivity (Wildman–Crippen MR) is 477 cm³/mol. The molecule has 5 heteroatoms. The topological polar surface area (TPSA) is 64.5 Å². The van der Waals surface area contributed by atoms with Gasteiger partial charge >= 0.3 is 0 Å². The van der Waals surface area contributed by atoms with E-state index in [1.165, 1.54) is 64.6 Å². The molecule has 0 fully saturated rings. The quantitative estimate of drug-likeness (QED) is 0.102. The summed E-state index contributed by atoms with van der Waals surface area (Å²) in [7, 11) is 0. The first-order chi connectivity index (χ1) is 56.5. The average Bonchev–Trinajstić information content (AvgIpc) is 0.742. The summed E-state index contributed by atoms with van der Waals surface area (Å²) in [5.74, 6) is 2.49. The summed E-state index contributed by atoms with van der Waals surface area (Å²) in [5.41, 5.74) is 25.2. The highest BCUT2D eigenvalue weighted by molar-refractivity contribution is 6.27. The number of fused-ring (bicyclic) bond motifs is 12. The monoisotopic (exact) mass is 1450 g/mol. The van der Waals surface area contributed by atoms with E-state index >= 15 is 0 Å². The van der Waals surface area contributed by atoms with Crippen LogP contribution in [0.25, 0.3) is 222 Å². The van der Waals surface area contributed by atoms with Crippen LogP contribution >= 0.6 is 0 Å². The third kappa shape index (κ3) is 12.3. The minimum absolute atomic E-state index is 0.606. The summed E-state index contributed by atoms with van der Waals surface area (Å²) in [6.07, 6.45) is 0. The Morgan fingerprint density at radius 2 is 0.360 bits per heavy atom. The number of rotatable bonds is 14. The highest BCUT2D eigenvalue weighted by Crippen LogP contribution is 2.46. The lowest BCUT2D eigenvalue weighted by molar-refractivity contribution is 1.07. The van der Waals surface area contributed by atoms with Crippen molar-refractivity contribution in [1.29, 1.82) is 0 Å². The van der Waals surface area contributed by atoms with Crippen molar-refractivity contribution in [3.63, 3.8) is 0 Å². The number of benzene rings is 19. The van der Waals surface area contributed by atoms with E-state index in [9.17, 15) is 0 Å². The molecule has 0 saturated heterocycles. The average molecular weight is 1450 g/mol. The van der Waals surface area contributed by atoms with Gasteiger partial charge in [-0.1, -0.05) is 376 Å². The Morgan fingerprint density at radius 1 is 0.105 bits per heavy atom. The Balaban J connectivity index is 0.614. The van der Waals surface area contributed by atoms with Crippen LogP contribution in [0.5, 0.6) is 0 Å². The molecule has 2 aromatic heterocycles. The van der Waals surface area contributed by atoms with Crippen LogP contribution in [0.15, 0.2) is 419 Å². The van der Waals surface area contributed by atoms with Gasteiger partial charge in [0.25, 0.3) is 0 Å². The SMILES string of the molecule is c1ccc(-c2cccc(-c3nc(-c4cccc(-c5ccc(-c6ccc7c8ccc(-c9ccccc9-c9ccccc9-c9nc(-c%10ccccc%10)nc(-c%10cccc(-c%11ccccc%11)c%10)n9)cc8c8ccccc8c7c6)cc5)c4)cc(-c4ccccc4-c4ccccc4-c4ccc5c6ccccc6c6ccccc6c5c4)n3)c2)cc1. The van der Waals surface area contributed by atoms with E-state index in [0.29, 0.717) is 23.3 Å². The van der Waals surface area contributed by atoms with Gasteiger partial charge in [0.05, 0.1) is 11.4 Å². The van der Waals surface area contributed by atoms with E-state index in [-0.39, 0.29) is 0 Å². The maximum atomic E-state index is 5.54. The molecular formula is C109H69N5. The minimum Gasteiger partial charge on any atom is -0.228 e. The van der Waals surface area contributed by atoms with E-state index in [2.05, 4.69) is 394 Å². The van der Waals surface area contributed by atoms with Crippen LogP contribution in [0.2, 0.25) is 0 Å². The molecule has 114 heavy (non-hydrogen) atoms. The van der Waals surface area contributed by atoms with Crippen LogP contribution in [0.4, 0.5) is 0 Å². The van der Waals surface area contributed by atoms with Crippen LogP contribution in [0.1, 0.15) is 0 Å². The van der Waals surface area contributed by atoms with E-state index in [0.717, 1.165) is 134 Å². The zero-order valence-corrected chi connectivity index (χ0v) is 62.1. The maximum Gasteiger partial charge on any atom is 0.164 e. The summed E-state index contributed by atoms with van der Waals surface area (Å²) in [6.45, 7) is 0. The van der Waals surface area contributed by atoms with Crippen molar-refractivity contribution in [2.24, 2.45) is 0 Å². The van der Waals surface area contributed by atoms with Crippen molar-refractivity contribution >= 4 is 64.6 Å². The van der Waals surface area contributed by atoms with Gasteiger partial charge < -0.3 is 0 Å². The molecule has 5 nitrogen and oxygen atoms in total. The molecule has 0 aliphatic carbocycles. The van der Waals surface area contributed by atoms with Crippen LogP contribution in [0, 0.1) is 0 Å². The summed E-state index contributed by atoms with van der Waals surface area (Å²) in [6, 6.07) is 150. The summed E-state index contributed by atoms with van der Waals surface area (Å²) in [5, 5.41) is 14.7. The van der Waals surface area contributed by atoms with Gasteiger partial charge in [-0.25, -0.2) is 24.9 Å². The third-order valence-electron chi connectivity index (χ3n) is 22.6. The van der Waals surface area contributed by atoms with Crippen molar-refractivity contribution in [2.75, 3.05) is 0 Å². The zero-order valence-electron chi connectivity index (χ0n) is 62.1. The summed E-state index contributed by atoms with van der Waals surface area (Å²) >= 11 is 0. The van der Waals surface area contributed by atoms with E-state index in [4.69, 9.17) is 24.9 Å². The summed E-state index contributed by atoms with van der Waals surface area (Å²) in [4.78, 5) is 26.7. The van der Waals surface area contributed by atoms with Gasteiger partial charge in [0.15, 0.2) is 23.3 Å². The van der Waals surface area contributed by atoms with Crippen molar-refractivity contribution in [3.8, 4) is 157 Å². The molecule has 0 aliphatic heterocycles. The number of hydrogen-bond acceptors (Lipinski definition) is 5. The lowest BCUT2D eigenvalue weighted by Crippen LogP contribution is -2.01. The Morgan fingerprint density at radius 3 is 0.816 bits per heavy atom. The molecule has 0 spiro atoms. The highest BCUT2D eigenvalue weighted by Gasteiger charge is 2.23. The number of hydrogen-bond donors (Lipinski definition) is 0. The number of nitrogens with zero attached hydrogens (tertiary/aromatic N) is 5. The molecule has 530 valence electrons. The molecule has 21 rings (SSSR count). The van der Waals surface area contributed by atoms with Crippen molar-refractivity contribution in [2.45, 2.75) is 0 Å². The van der Waals surface area contributed by atoms with Gasteiger partial charge in [-0.05, 0) is 196 Å². The van der Waals surface area contributed by atoms with E-state index in [1.807, 2.05) is 24.3 Å². The molecule has 0 amide bonds. The molecule has 0 atom stereocenters. The molecule has 0 radical (unpaired) electrons. The lowest BCUT2D eigenvalue weighted by Gasteiger charge is -2.17. The van der Waals surface area contributed by atoms with Crippen LogP contribution in [0.3, 0.4) is 0 Å².